The van der Waals surface area contributed by atoms with Gasteiger partial charge >= 0.3 is 0 Å². The van der Waals surface area contributed by atoms with Crippen molar-refractivity contribution in [2.24, 2.45) is 5.92 Å². The molecule has 1 fully saturated rings. The van der Waals surface area contributed by atoms with E-state index in [2.05, 4.69) is 18.3 Å². The molecule has 0 amide bonds. The quantitative estimate of drug-likeness (QED) is 0.841. The highest BCUT2D eigenvalue weighted by Crippen LogP contribution is 2.30. The van der Waals surface area contributed by atoms with E-state index in [1.54, 1.807) is 12.1 Å². The zero-order valence-electron chi connectivity index (χ0n) is 11.5. The number of nitrogens with one attached hydrogen (secondary N) is 1. The second kappa shape index (κ2) is 6.82. The second-order valence-corrected chi connectivity index (χ2v) is 5.89. The lowest BCUT2D eigenvalue weighted by atomic mass is 9.83. The predicted octanol–water partition coefficient (Wildman–Crippen LogP) is 4.98. The van der Waals surface area contributed by atoms with E-state index in [4.69, 9.17) is 16.9 Å². The summed E-state index contributed by atoms with van der Waals surface area (Å²) in [5.74, 6) is 0.901. The van der Waals surface area contributed by atoms with Crippen LogP contribution >= 0.6 is 11.6 Å². The van der Waals surface area contributed by atoms with Crippen molar-refractivity contribution in [3.63, 3.8) is 0 Å². The molecule has 1 aliphatic rings. The van der Waals surface area contributed by atoms with Gasteiger partial charge in [0.15, 0.2) is 0 Å². The summed E-state index contributed by atoms with van der Waals surface area (Å²) in [4.78, 5) is 0. The number of benzene rings is 1. The largest absolute Gasteiger partial charge is 0.381 e. The van der Waals surface area contributed by atoms with E-state index < -0.39 is 0 Å². The van der Waals surface area contributed by atoms with Crippen molar-refractivity contribution in [2.45, 2.75) is 51.5 Å². The number of halogens is 1. The van der Waals surface area contributed by atoms with Crippen molar-refractivity contribution in [2.75, 3.05) is 5.32 Å². The molecule has 3 heteroatoms. The summed E-state index contributed by atoms with van der Waals surface area (Å²) in [6.07, 6.45) is 7.63. The van der Waals surface area contributed by atoms with Gasteiger partial charge in [-0.3, -0.25) is 0 Å². The molecule has 0 heterocycles. The predicted molar refractivity (Wildman–Crippen MR) is 80.4 cm³/mol. The van der Waals surface area contributed by atoms with Crippen LogP contribution in [0, 0.1) is 17.2 Å². The molecule has 0 unspecified atom stereocenters. The first-order valence-corrected chi connectivity index (χ1v) is 7.57. The topological polar surface area (TPSA) is 35.8 Å². The Labute approximate surface area is 120 Å². The first-order chi connectivity index (χ1) is 9.22. The van der Waals surface area contributed by atoms with Crippen LogP contribution in [0.5, 0.6) is 0 Å². The smallest absolute Gasteiger partial charge is 0.101 e. The Balaban J connectivity index is 1.96. The molecular weight excluding hydrogens is 256 g/mol. The number of nitriles is 1. The highest BCUT2D eigenvalue weighted by atomic mass is 35.5. The Hall–Kier alpha value is -1.20. The van der Waals surface area contributed by atoms with E-state index >= 15 is 0 Å². The fourth-order valence-corrected chi connectivity index (χ4v) is 3.13. The molecule has 0 aliphatic heterocycles. The van der Waals surface area contributed by atoms with Crippen LogP contribution in [0.3, 0.4) is 0 Å². The molecule has 1 saturated carbocycles. The van der Waals surface area contributed by atoms with Crippen LogP contribution < -0.4 is 5.32 Å². The van der Waals surface area contributed by atoms with Gasteiger partial charge in [-0.2, -0.15) is 5.26 Å². The minimum Gasteiger partial charge on any atom is -0.381 e. The van der Waals surface area contributed by atoms with E-state index in [-0.39, 0.29) is 0 Å². The van der Waals surface area contributed by atoms with Gasteiger partial charge in [0.1, 0.15) is 6.07 Å². The van der Waals surface area contributed by atoms with Gasteiger partial charge in [0.25, 0.3) is 0 Å². The maximum Gasteiger partial charge on any atom is 0.101 e. The van der Waals surface area contributed by atoms with Crippen LogP contribution in [0.1, 0.15) is 51.0 Å². The Morgan fingerprint density at radius 2 is 2.05 bits per heavy atom. The van der Waals surface area contributed by atoms with Crippen LogP contribution in [0.2, 0.25) is 5.02 Å². The fourth-order valence-electron chi connectivity index (χ4n) is 2.96. The van der Waals surface area contributed by atoms with Crippen molar-refractivity contribution < 1.29 is 0 Å². The number of hydrogen-bond acceptors (Lipinski definition) is 2. The fraction of sp³-hybridized carbons (Fsp3) is 0.562. The Bertz CT molecular complexity index is 456. The molecule has 0 radical (unpaired) electrons. The summed E-state index contributed by atoms with van der Waals surface area (Å²) in [6, 6.07) is 8.12. The Kier molecular flexibility index (Phi) is 5.10. The van der Waals surface area contributed by atoms with Crippen molar-refractivity contribution in [1.82, 2.24) is 0 Å². The molecule has 0 atom stereocenters. The molecule has 102 valence electrons. The molecule has 0 aromatic heterocycles. The van der Waals surface area contributed by atoms with Gasteiger partial charge < -0.3 is 5.32 Å². The van der Waals surface area contributed by atoms with E-state index in [0.717, 1.165) is 11.6 Å². The number of rotatable bonds is 4. The van der Waals surface area contributed by atoms with Crippen LogP contribution in [-0.4, -0.2) is 6.04 Å². The summed E-state index contributed by atoms with van der Waals surface area (Å²) >= 11 is 6.01. The first kappa shape index (κ1) is 14.2. The first-order valence-electron chi connectivity index (χ1n) is 7.19. The average Bonchev–Trinajstić information content (AvgIpc) is 2.42. The van der Waals surface area contributed by atoms with Crippen molar-refractivity contribution in [3.05, 3.63) is 28.8 Å². The third-order valence-corrected chi connectivity index (χ3v) is 4.24. The zero-order chi connectivity index (χ0) is 13.7. The third-order valence-electron chi connectivity index (χ3n) is 4.01. The molecule has 1 aliphatic carbocycles. The number of nitrogens with zero attached hydrogens (tertiary/aromatic N) is 1. The molecule has 1 aromatic carbocycles. The van der Waals surface area contributed by atoms with Crippen LogP contribution in [0.15, 0.2) is 18.2 Å². The second-order valence-electron chi connectivity index (χ2n) is 5.45. The summed E-state index contributed by atoms with van der Waals surface area (Å²) < 4.78 is 0. The summed E-state index contributed by atoms with van der Waals surface area (Å²) in [7, 11) is 0. The van der Waals surface area contributed by atoms with Gasteiger partial charge in [0, 0.05) is 11.1 Å². The number of hydrogen-bond donors (Lipinski definition) is 1. The lowest BCUT2D eigenvalue weighted by molar-refractivity contribution is 0.319. The monoisotopic (exact) mass is 276 g/mol. The average molecular weight is 277 g/mol. The van der Waals surface area contributed by atoms with E-state index in [0.29, 0.717) is 16.6 Å². The highest BCUT2D eigenvalue weighted by molar-refractivity contribution is 6.30. The van der Waals surface area contributed by atoms with Gasteiger partial charge in [0.2, 0.25) is 0 Å². The molecule has 1 N–H and O–H groups in total. The number of anilines is 1. The third kappa shape index (κ3) is 3.88. The lowest BCUT2D eigenvalue weighted by Crippen LogP contribution is -2.26. The summed E-state index contributed by atoms with van der Waals surface area (Å²) in [6.45, 7) is 2.26. The van der Waals surface area contributed by atoms with E-state index in [1.165, 1.54) is 38.5 Å². The van der Waals surface area contributed by atoms with Gasteiger partial charge in [-0.05, 0) is 49.8 Å². The standard InChI is InChI=1S/C16H21ClN2/c1-2-3-12-4-8-15(9-5-12)19-16-10-14(17)7-6-13(16)11-18/h6-7,10,12,15,19H,2-5,8-9H2,1H3. The lowest BCUT2D eigenvalue weighted by Gasteiger charge is -2.29. The SMILES string of the molecule is CCCC1CCC(Nc2cc(Cl)ccc2C#N)CC1. The van der Waals surface area contributed by atoms with E-state index in [1.807, 2.05) is 6.07 Å². The minimum atomic E-state index is 0.485. The molecule has 0 spiro atoms. The maximum absolute atomic E-state index is 9.12. The molecule has 2 rings (SSSR count). The maximum atomic E-state index is 9.12. The van der Waals surface area contributed by atoms with Gasteiger partial charge in [-0.1, -0.05) is 31.4 Å². The van der Waals surface area contributed by atoms with Crippen LogP contribution in [-0.2, 0) is 0 Å². The summed E-state index contributed by atoms with van der Waals surface area (Å²) in [5.41, 5.74) is 1.56. The van der Waals surface area contributed by atoms with E-state index in [9.17, 15) is 0 Å². The van der Waals surface area contributed by atoms with Gasteiger partial charge in [-0.25, -0.2) is 0 Å². The normalized spacial score (nSPS) is 22.8. The van der Waals surface area contributed by atoms with Crippen molar-refractivity contribution in [3.8, 4) is 6.07 Å². The van der Waals surface area contributed by atoms with Gasteiger partial charge in [0.05, 0.1) is 11.3 Å². The van der Waals surface area contributed by atoms with Crippen LogP contribution in [0.4, 0.5) is 5.69 Å². The zero-order valence-corrected chi connectivity index (χ0v) is 12.2. The molecule has 0 saturated heterocycles. The van der Waals surface area contributed by atoms with Crippen molar-refractivity contribution >= 4 is 17.3 Å². The minimum absolute atomic E-state index is 0.485. The van der Waals surface area contributed by atoms with Crippen LogP contribution in [0.25, 0.3) is 0 Å². The molecule has 2 nitrogen and oxygen atoms in total. The Morgan fingerprint density at radius 3 is 2.68 bits per heavy atom. The molecule has 0 bridgehead atoms. The molecule has 19 heavy (non-hydrogen) atoms. The van der Waals surface area contributed by atoms with Gasteiger partial charge in [-0.15, -0.1) is 0 Å². The summed E-state index contributed by atoms with van der Waals surface area (Å²) in [5, 5.41) is 13.3. The van der Waals surface area contributed by atoms with Crippen molar-refractivity contribution in [1.29, 1.82) is 5.26 Å². The molecule has 1 aromatic rings. The highest BCUT2D eigenvalue weighted by Gasteiger charge is 2.21. The Morgan fingerprint density at radius 1 is 1.32 bits per heavy atom. The molecular formula is C16H21ClN2.